The number of rotatable bonds is 7. The number of carbonyl (C=O) groups is 2. The molecule has 0 aliphatic carbocycles. The van der Waals surface area contributed by atoms with Crippen molar-refractivity contribution in [3.63, 3.8) is 0 Å². The molecule has 3 aromatic carbocycles. The maximum Gasteiger partial charge on any atom is 0.248 e. The summed E-state index contributed by atoms with van der Waals surface area (Å²) in [7, 11) is 0. The Morgan fingerprint density at radius 1 is 0.884 bits per heavy atom. The molecule has 2 aliphatic heterocycles. The maximum atomic E-state index is 14.2. The lowest BCUT2D eigenvalue weighted by Crippen LogP contribution is -2.43. The number of amides is 1. The zero-order valence-corrected chi connectivity index (χ0v) is 24.7. The summed E-state index contributed by atoms with van der Waals surface area (Å²) in [5.41, 5.74) is 4.08. The minimum atomic E-state index is -0.469. The molecular formula is C33H27N5O3S2. The van der Waals surface area contributed by atoms with Crippen molar-refractivity contribution < 1.29 is 14.3 Å². The van der Waals surface area contributed by atoms with Crippen LogP contribution in [-0.4, -0.2) is 70.1 Å². The Morgan fingerprint density at radius 2 is 1.51 bits per heavy atom. The lowest BCUT2D eigenvalue weighted by atomic mass is 9.95. The first kappa shape index (κ1) is 27.6. The fourth-order valence-corrected chi connectivity index (χ4v) is 7.69. The van der Waals surface area contributed by atoms with E-state index in [1.165, 1.54) is 28.0 Å². The monoisotopic (exact) mass is 605 g/mol. The van der Waals surface area contributed by atoms with E-state index in [-0.39, 0.29) is 16.9 Å². The van der Waals surface area contributed by atoms with Gasteiger partial charge in [-0.15, -0.1) is 21.5 Å². The molecule has 1 amide bonds. The standard InChI is InChI=1S/C33H27N5O3S2/c34-33-38(32(40)24(42-33)20-37-16-18-41-19-17-37)28-26-25(21-10-4-1-5-11-21)27(22-12-6-2-7-13-22)35-36-31(26)43-30(28)29(39)23-14-8-3-9-15-23/h1-15,24,34H,16-20H2. The first-order valence-corrected chi connectivity index (χ1v) is 15.7. The first-order valence-electron chi connectivity index (χ1n) is 14.0. The summed E-state index contributed by atoms with van der Waals surface area (Å²) in [6.07, 6.45) is 0. The van der Waals surface area contributed by atoms with Crippen LogP contribution in [-0.2, 0) is 9.53 Å². The average Bonchev–Trinajstić information content (AvgIpc) is 3.57. The fourth-order valence-electron chi connectivity index (χ4n) is 5.57. The molecule has 2 aromatic heterocycles. The summed E-state index contributed by atoms with van der Waals surface area (Å²) in [4.78, 5) is 32.9. The molecule has 1 atom stereocenters. The maximum absolute atomic E-state index is 14.2. The largest absolute Gasteiger partial charge is 0.379 e. The Bertz CT molecular complexity index is 1820. The number of aromatic nitrogens is 2. The Morgan fingerprint density at radius 3 is 2.19 bits per heavy atom. The van der Waals surface area contributed by atoms with Crippen molar-refractivity contribution in [3.8, 4) is 22.4 Å². The van der Waals surface area contributed by atoms with Crippen LogP contribution in [0.2, 0.25) is 0 Å². The van der Waals surface area contributed by atoms with E-state index < -0.39 is 5.25 Å². The summed E-state index contributed by atoms with van der Waals surface area (Å²) in [6.45, 7) is 3.24. The van der Waals surface area contributed by atoms with Gasteiger partial charge in [0.05, 0.1) is 18.9 Å². The van der Waals surface area contributed by atoms with Gasteiger partial charge < -0.3 is 4.74 Å². The van der Waals surface area contributed by atoms with Crippen molar-refractivity contribution in [2.24, 2.45) is 0 Å². The molecule has 43 heavy (non-hydrogen) atoms. The van der Waals surface area contributed by atoms with Crippen LogP contribution in [0.1, 0.15) is 15.2 Å². The second-order valence-electron chi connectivity index (χ2n) is 10.3. The highest BCUT2D eigenvalue weighted by Crippen LogP contribution is 2.48. The number of hydrogen-bond donors (Lipinski definition) is 1. The van der Waals surface area contributed by atoms with Gasteiger partial charge in [0.15, 0.2) is 5.17 Å². The number of carbonyl (C=O) groups excluding carboxylic acids is 2. The van der Waals surface area contributed by atoms with E-state index in [4.69, 9.17) is 10.1 Å². The van der Waals surface area contributed by atoms with Gasteiger partial charge >= 0.3 is 0 Å². The third-order valence-corrected chi connectivity index (χ3v) is 9.75. The molecule has 0 radical (unpaired) electrons. The number of thioether (sulfide) groups is 1. The van der Waals surface area contributed by atoms with Gasteiger partial charge in [0.2, 0.25) is 11.7 Å². The molecule has 1 N–H and O–H groups in total. The SMILES string of the molecule is N=C1SC(CN2CCOCC2)C(=O)N1c1c(C(=O)c2ccccc2)sc2nnc(-c3ccccc3)c(-c3ccccc3)c12. The van der Waals surface area contributed by atoms with Crippen LogP contribution in [0, 0.1) is 5.41 Å². The van der Waals surface area contributed by atoms with Crippen molar-refractivity contribution in [3.05, 3.63) is 101 Å². The summed E-state index contributed by atoms with van der Waals surface area (Å²) < 4.78 is 5.49. The highest BCUT2D eigenvalue weighted by Gasteiger charge is 2.43. The second kappa shape index (κ2) is 11.8. The Hall–Kier alpha value is -4.22. The van der Waals surface area contributed by atoms with Crippen LogP contribution >= 0.6 is 23.1 Å². The van der Waals surface area contributed by atoms with E-state index in [9.17, 15) is 9.59 Å². The highest BCUT2D eigenvalue weighted by molar-refractivity contribution is 8.16. The summed E-state index contributed by atoms with van der Waals surface area (Å²) in [5, 5.41) is 18.6. The third kappa shape index (κ3) is 5.16. The van der Waals surface area contributed by atoms with E-state index in [0.717, 1.165) is 29.8 Å². The van der Waals surface area contributed by atoms with E-state index >= 15 is 0 Å². The van der Waals surface area contributed by atoms with Crippen molar-refractivity contribution >= 4 is 55.9 Å². The molecule has 4 heterocycles. The van der Waals surface area contributed by atoms with Gasteiger partial charge in [-0.05, 0) is 5.56 Å². The molecule has 7 rings (SSSR count). The zero-order chi connectivity index (χ0) is 29.3. The van der Waals surface area contributed by atoms with Gasteiger partial charge in [0.25, 0.3) is 0 Å². The van der Waals surface area contributed by atoms with Crippen LogP contribution < -0.4 is 4.90 Å². The van der Waals surface area contributed by atoms with Gasteiger partial charge in [0, 0.05) is 41.7 Å². The van der Waals surface area contributed by atoms with Gasteiger partial charge in [0.1, 0.15) is 20.7 Å². The first-order chi connectivity index (χ1) is 21.1. The van der Waals surface area contributed by atoms with Crippen LogP contribution in [0.15, 0.2) is 91.0 Å². The number of benzene rings is 3. The third-order valence-electron chi connectivity index (χ3n) is 7.65. The van der Waals surface area contributed by atoms with Crippen molar-refractivity contribution in [2.45, 2.75) is 5.25 Å². The molecular weight excluding hydrogens is 579 g/mol. The van der Waals surface area contributed by atoms with Crippen LogP contribution in [0.5, 0.6) is 0 Å². The molecule has 8 nitrogen and oxygen atoms in total. The Kier molecular flexibility index (Phi) is 7.58. The van der Waals surface area contributed by atoms with E-state index in [1.54, 1.807) is 12.1 Å². The number of ketones is 1. The predicted molar refractivity (Wildman–Crippen MR) is 172 cm³/mol. The smallest absolute Gasteiger partial charge is 0.248 e. The van der Waals surface area contributed by atoms with E-state index in [2.05, 4.69) is 15.1 Å². The number of thiophene rings is 1. The molecule has 0 bridgehead atoms. The average molecular weight is 606 g/mol. The number of anilines is 1. The van der Waals surface area contributed by atoms with Gasteiger partial charge in [-0.3, -0.25) is 24.8 Å². The Labute approximate surface area is 256 Å². The number of hydrogen-bond acceptors (Lipinski definition) is 9. The lowest BCUT2D eigenvalue weighted by molar-refractivity contribution is -0.117. The highest BCUT2D eigenvalue weighted by atomic mass is 32.2. The molecule has 2 saturated heterocycles. The van der Waals surface area contributed by atoms with E-state index in [1.807, 2.05) is 78.9 Å². The minimum absolute atomic E-state index is 0.0992. The number of fused-ring (bicyclic) bond motifs is 1. The normalized spacial score (nSPS) is 17.6. The molecule has 5 aromatic rings. The van der Waals surface area contributed by atoms with Gasteiger partial charge in [-0.2, -0.15) is 0 Å². The van der Waals surface area contributed by atoms with E-state index in [0.29, 0.717) is 51.8 Å². The van der Waals surface area contributed by atoms with Crippen LogP contribution in [0.3, 0.4) is 0 Å². The summed E-state index contributed by atoms with van der Waals surface area (Å²) >= 11 is 2.45. The number of ether oxygens (including phenoxy) is 1. The molecule has 2 fully saturated rings. The zero-order valence-electron chi connectivity index (χ0n) is 23.1. The number of amidine groups is 1. The molecule has 1 unspecified atom stereocenters. The Balaban J connectivity index is 1.47. The van der Waals surface area contributed by atoms with Crippen LogP contribution in [0.4, 0.5) is 5.69 Å². The molecule has 214 valence electrons. The molecule has 0 saturated carbocycles. The minimum Gasteiger partial charge on any atom is -0.379 e. The molecule has 10 heteroatoms. The second-order valence-corrected chi connectivity index (χ2v) is 12.5. The lowest BCUT2D eigenvalue weighted by Gasteiger charge is -2.28. The fraction of sp³-hybridized carbons (Fsp3) is 0.182. The quantitative estimate of drug-likeness (QED) is 0.228. The van der Waals surface area contributed by atoms with Crippen molar-refractivity contribution in [1.82, 2.24) is 15.1 Å². The van der Waals surface area contributed by atoms with Crippen LogP contribution in [0.25, 0.3) is 32.6 Å². The molecule has 0 spiro atoms. The van der Waals surface area contributed by atoms with Gasteiger partial charge in [-0.1, -0.05) is 103 Å². The topological polar surface area (TPSA) is 99.5 Å². The van der Waals surface area contributed by atoms with Gasteiger partial charge in [-0.25, -0.2) is 0 Å². The number of nitrogens with zero attached hydrogens (tertiary/aromatic N) is 4. The summed E-state index contributed by atoms with van der Waals surface area (Å²) in [5.74, 6) is -0.429. The summed E-state index contributed by atoms with van der Waals surface area (Å²) in [6, 6.07) is 28.7. The van der Waals surface area contributed by atoms with Crippen molar-refractivity contribution in [1.29, 1.82) is 5.41 Å². The van der Waals surface area contributed by atoms with Crippen molar-refractivity contribution in [2.75, 3.05) is 37.7 Å². The number of morpholine rings is 1. The molecule has 2 aliphatic rings. The predicted octanol–water partition coefficient (Wildman–Crippen LogP) is 5.97. The number of nitrogens with one attached hydrogen (secondary N) is 1.